The second-order valence-electron chi connectivity index (χ2n) is 7.85. The molecular formula is C17H27N3. The molecule has 0 bridgehead atoms. The highest BCUT2D eigenvalue weighted by molar-refractivity contribution is 5.25. The molecule has 0 saturated heterocycles. The molecule has 20 heavy (non-hydrogen) atoms. The monoisotopic (exact) mass is 273 g/mol. The van der Waals surface area contributed by atoms with Crippen LogP contribution in [0.3, 0.4) is 0 Å². The van der Waals surface area contributed by atoms with Crippen molar-refractivity contribution in [1.29, 1.82) is 0 Å². The molecule has 1 aromatic heterocycles. The van der Waals surface area contributed by atoms with Crippen LogP contribution in [-0.2, 0) is 13.0 Å². The number of hydrogen-bond donors (Lipinski definition) is 1. The highest BCUT2D eigenvalue weighted by Gasteiger charge is 2.37. The third kappa shape index (κ3) is 2.20. The standard InChI is InChI=1S/C17H27N3/c1-17(2)8-3-4-13(10-17)20-15-7-9-18-11-14(15)19-16(20)12-5-6-12/h12-13,18H,3-11H2,1-2H3. The molecule has 2 aliphatic carbocycles. The normalized spacial score (nSPS) is 29.2. The van der Waals surface area contributed by atoms with Gasteiger partial charge in [0.25, 0.3) is 0 Å². The van der Waals surface area contributed by atoms with Crippen molar-refractivity contribution in [3.63, 3.8) is 0 Å². The van der Waals surface area contributed by atoms with Crippen molar-refractivity contribution in [2.24, 2.45) is 5.41 Å². The molecule has 2 fully saturated rings. The van der Waals surface area contributed by atoms with Gasteiger partial charge in [-0.2, -0.15) is 0 Å². The summed E-state index contributed by atoms with van der Waals surface area (Å²) >= 11 is 0. The molecule has 0 amide bonds. The number of imidazole rings is 1. The lowest BCUT2D eigenvalue weighted by molar-refractivity contribution is 0.178. The molecule has 2 saturated carbocycles. The molecule has 3 nitrogen and oxygen atoms in total. The molecule has 1 atom stereocenters. The van der Waals surface area contributed by atoms with Crippen LogP contribution in [0.1, 0.15) is 81.5 Å². The number of aromatic nitrogens is 2. The van der Waals surface area contributed by atoms with Gasteiger partial charge in [-0.05, 0) is 37.5 Å². The molecular weight excluding hydrogens is 246 g/mol. The van der Waals surface area contributed by atoms with Crippen LogP contribution < -0.4 is 5.32 Å². The van der Waals surface area contributed by atoms with Gasteiger partial charge in [0.05, 0.1) is 5.69 Å². The van der Waals surface area contributed by atoms with E-state index in [1.54, 1.807) is 5.69 Å². The molecule has 0 aromatic carbocycles. The van der Waals surface area contributed by atoms with Crippen molar-refractivity contribution in [3.05, 3.63) is 17.2 Å². The topological polar surface area (TPSA) is 29.9 Å². The number of nitrogens with one attached hydrogen (secondary N) is 1. The van der Waals surface area contributed by atoms with Crippen LogP contribution in [0.25, 0.3) is 0 Å². The van der Waals surface area contributed by atoms with E-state index in [0.717, 1.165) is 19.0 Å². The van der Waals surface area contributed by atoms with Crippen LogP contribution >= 0.6 is 0 Å². The zero-order chi connectivity index (χ0) is 13.7. The Labute approximate surface area is 122 Å². The highest BCUT2D eigenvalue weighted by atomic mass is 15.2. The van der Waals surface area contributed by atoms with E-state index in [0.29, 0.717) is 11.5 Å². The molecule has 110 valence electrons. The minimum Gasteiger partial charge on any atom is -0.328 e. The maximum Gasteiger partial charge on any atom is 0.112 e. The third-order valence-electron chi connectivity index (χ3n) is 5.44. The summed E-state index contributed by atoms with van der Waals surface area (Å²) in [6.45, 7) is 7.00. The Morgan fingerprint density at radius 1 is 1.25 bits per heavy atom. The van der Waals surface area contributed by atoms with Crippen molar-refractivity contribution in [3.8, 4) is 0 Å². The zero-order valence-electron chi connectivity index (χ0n) is 12.9. The predicted octanol–water partition coefficient (Wildman–Crippen LogP) is 3.55. The molecule has 1 aromatic rings. The fraction of sp³-hybridized carbons (Fsp3) is 0.824. The molecule has 0 spiro atoms. The summed E-state index contributed by atoms with van der Waals surface area (Å²) in [5, 5.41) is 3.48. The van der Waals surface area contributed by atoms with E-state index < -0.39 is 0 Å². The number of hydrogen-bond acceptors (Lipinski definition) is 2. The van der Waals surface area contributed by atoms with Gasteiger partial charge in [0.15, 0.2) is 0 Å². The SMILES string of the molecule is CC1(C)CCCC(n2c(C3CC3)nc3c2CCNC3)C1. The summed E-state index contributed by atoms with van der Waals surface area (Å²) < 4.78 is 2.70. The Bertz CT molecular complexity index is 511. The molecule has 2 heterocycles. The molecule has 1 aliphatic heterocycles. The molecule has 3 heteroatoms. The van der Waals surface area contributed by atoms with Crippen LogP contribution in [0.5, 0.6) is 0 Å². The Morgan fingerprint density at radius 3 is 2.85 bits per heavy atom. The fourth-order valence-corrected chi connectivity index (χ4v) is 4.27. The first-order valence-electron chi connectivity index (χ1n) is 8.45. The van der Waals surface area contributed by atoms with Gasteiger partial charge in [0.1, 0.15) is 5.82 Å². The summed E-state index contributed by atoms with van der Waals surface area (Å²) in [4.78, 5) is 5.04. The van der Waals surface area contributed by atoms with E-state index in [2.05, 4.69) is 23.7 Å². The largest absolute Gasteiger partial charge is 0.328 e. The molecule has 1 unspecified atom stereocenters. The number of rotatable bonds is 2. The third-order valence-corrected chi connectivity index (χ3v) is 5.44. The lowest BCUT2D eigenvalue weighted by atomic mass is 9.75. The smallest absolute Gasteiger partial charge is 0.112 e. The van der Waals surface area contributed by atoms with Gasteiger partial charge in [-0.3, -0.25) is 0 Å². The van der Waals surface area contributed by atoms with E-state index >= 15 is 0 Å². The van der Waals surface area contributed by atoms with Crippen LogP contribution in [0.2, 0.25) is 0 Å². The Hall–Kier alpha value is -0.830. The molecule has 3 aliphatic rings. The van der Waals surface area contributed by atoms with Gasteiger partial charge < -0.3 is 9.88 Å². The minimum absolute atomic E-state index is 0.508. The van der Waals surface area contributed by atoms with Crippen LogP contribution in [0.4, 0.5) is 0 Å². The van der Waals surface area contributed by atoms with Gasteiger partial charge in [-0.1, -0.05) is 20.3 Å². The first kappa shape index (κ1) is 12.9. The van der Waals surface area contributed by atoms with Gasteiger partial charge in [0.2, 0.25) is 0 Å². The van der Waals surface area contributed by atoms with Crippen LogP contribution in [-0.4, -0.2) is 16.1 Å². The Kier molecular flexibility index (Phi) is 2.95. The number of nitrogens with zero attached hydrogens (tertiary/aromatic N) is 2. The van der Waals surface area contributed by atoms with E-state index in [-0.39, 0.29) is 0 Å². The predicted molar refractivity (Wildman–Crippen MR) is 80.9 cm³/mol. The van der Waals surface area contributed by atoms with E-state index in [9.17, 15) is 0 Å². The highest BCUT2D eigenvalue weighted by Crippen LogP contribution is 2.46. The summed E-state index contributed by atoms with van der Waals surface area (Å²) in [6, 6.07) is 0.712. The van der Waals surface area contributed by atoms with Gasteiger partial charge in [0, 0.05) is 37.2 Å². The second-order valence-corrected chi connectivity index (χ2v) is 7.85. The van der Waals surface area contributed by atoms with E-state index in [1.165, 1.54) is 56.5 Å². The quantitative estimate of drug-likeness (QED) is 0.893. The van der Waals surface area contributed by atoms with E-state index in [1.807, 2.05) is 0 Å². The van der Waals surface area contributed by atoms with Crippen molar-refractivity contribution >= 4 is 0 Å². The fourth-order valence-electron chi connectivity index (χ4n) is 4.27. The van der Waals surface area contributed by atoms with Gasteiger partial charge >= 0.3 is 0 Å². The average Bonchev–Trinajstić information content (AvgIpc) is 3.18. The minimum atomic E-state index is 0.508. The maximum absolute atomic E-state index is 5.04. The second kappa shape index (κ2) is 4.59. The molecule has 1 N–H and O–H groups in total. The number of fused-ring (bicyclic) bond motifs is 1. The Morgan fingerprint density at radius 2 is 2.10 bits per heavy atom. The van der Waals surface area contributed by atoms with E-state index in [4.69, 9.17) is 4.98 Å². The van der Waals surface area contributed by atoms with Gasteiger partial charge in [-0.25, -0.2) is 4.98 Å². The molecule has 0 radical (unpaired) electrons. The Balaban J connectivity index is 1.73. The summed E-state index contributed by atoms with van der Waals surface area (Å²) in [5.74, 6) is 2.20. The first-order chi connectivity index (χ1) is 9.64. The first-order valence-corrected chi connectivity index (χ1v) is 8.45. The summed E-state index contributed by atoms with van der Waals surface area (Å²) in [5.41, 5.74) is 3.42. The zero-order valence-corrected chi connectivity index (χ0v) is 12.9. The maximum atomic E-state index is 5.04. The molecule has 4 rings (SSSR count). The lowest BCUT2D eigenvalue weighted by Crippen LogP contribution is -2.29. The summed E-state index contributed by atoms with van der Waals surface area (Å²) in [6.07, 6.45) is 9.36. The van der Waals surface area contributed by atoms with Crippen molar-refractivity contribution in [1.82, 2.24) is 14.9 Å². The lowest BCUT2D eigenvalue weighted by Gasteiger charge is -2.37. The van der Waals surface area contributed by atoms with Crippen LogP contribution in [0.15, 0.2) is 0 Å². The van der Waals surface area contributed by atoms with Crippen molar-refractivity contribution in [2.75, 3.05) is 6.54 Å². The van der Waals surface area contributed by atoms with Crippen molar-refractivity contribution < 1.29 is 0 Å². The van der Waals surface area contributed by atoms with Crippen molar-refractivity contribution in [2.45, 2.75) is 77.3 Å². The van der Waals surface area contributed by atoms with Gasteiger partial charge in [-0.15, -0.1) is 0 Å². The van der Waals surface area contributed by atoms with Crippen LogP contribution in [0, 0.1) is 5.41 Å². The average molecular weight is 273 g/mol. The summed E-state index contributed by atoms with van der Waals surface area (Å²) in [7, 11) is 0.